The quantitative estimate of drug-likeness (QED) is 0.103. The Morgan fingerprint density at radius 3 is 0.750 bits per heavy atom. The molecule has 264 valence electrons. The molecule has 0 fully saturated rings. The number of allylic oxidation sites excluding steroid dienone is 4. The van der Waals surface area contributed by atoms with E-state index in [2.05, 4.69) is 26.3 Å². The largest absolute Gasteiger partial charge is 0.507 e. The second-order valence-corrected chi connectivity index (χ2v) is 13.8. The van der Waals surface area contributed by atoms with Crippen molar-refractivity contribution in [2.75, 3.05) is 0 Å². The Morgan fingerprint density at radius 1 is 0.346 bits per heavy atom. The first-order valence-corrected chi connectivity index (χ1v) is 17.7. The van der Waals surface area contributed by atoms with Crippen LogP contribution in [0.3, 0.4) is 0 Å². The van der Waals surface area contributed by atoms with Crippen LogP contribution in [0.2, 0.25) is 0 Å². The number of fused-ring (bicyclic) bond motifs is 10. The minimum atomic E-state index is 0.0946. The standard InChI is InChI=1S/C47H46O5/c1-5-10-29-16-35-24-33-14-9-15-34(43(33)48)25-36-17-30(11-6-2)19-38(45(36)50)27-40-21-32(13-8-4)23-42(47(40)52)28-41-22-31(12-7-3)20-39(46(41)51)26-37(18-29)44(35)49/h5-9,14-23,48-52H,1-4,10-13,24-28H2. The zero-order chi connectivity index (χ0) is 36.9. The Balaban J connectivity index is 1.63. The molecule has 0 saturated carbocycles. The van der Waals surface area contributed by atoms with Crippen LogP contribution in [0, 0.1) is 0 Å². The summed E-state index contributed by atoms with van der Waals surface area (Å²) in [6.45, 7) is 15.7. The molecule has 0 aromatic heterocycles. The van der Waals surface area contributed by atoms with Gasteiger partial charge in [0.05, 0.1) is 0 Å². The van der Waals surface area contributed by atoms with Crippen molar-refractivity contribution in [3.63, 3.8) is 0 Å². The number of hydrogen-bond donors (Lipinski definition) is 5. The molecule has 5 nitrogen and oxygen atoms in total. The zero-order valence-electron chi connectivity index (χ0n) is 29.6. The van der Waals surface area contributed by atoms with Crippen molar-refractivity contribution >= 4 is 0 Å². The van der Waals surface area contributed by atoms with Crippen molar-refractivity contribution in [3.05, 3.63) is 195 Å². The van der Waals surface area contributed by atoms with Gasteiger partial charge >= 0.3 is 0 Å². The lowest BCUT2D eigenvalue weighted by Gasteiger charge is -2.19. The molecule has 0 atom stereocenters. The van der Waals surface area contributed by atoms with E-state index in [1.54, 1.807) is 0 Å². The normalized spacial score (nSPS) is 12.5. The first-order valence-electron chi connectivity index (χ1n) is 17.7. The fourth-order valence-corrected chi connectivity index (χ4v) is 7.50. The number of hydrogen-bond acceptors (Lipinski definition) is 5. The van der Waals surface area contributed by atoms with Crippen molar-refractivity contribution in [2.45, 2.75) is 57.8 Å². The number of para-hydroxylation sites is 1. The lowest BCUT2D eigenvalue weighted by Crippen LogP contribution is -2.03. The van der Waals surface area contributed by atoms with Crippen LogP contribution in [0.1, 0.15) is 77.9 Å². The molecule has 0 unspecified atom stereocenters. The van der Waals surface area contributed by atoms with Crippen LogP contribution in [0.15, 0.2) is 117 Å². The number of rotatable bonds is 8. The minimum Gasteiger partial charge on any atom is -0.507 e. The number of aromatic hydroxyl groups is 5. The van der Waals surface area contributed by atoms with Crippen LogP contribution < -0.4 is 0 Å². The van der Waals surface area contributed by atoms with E-state index in [0.717, 1.165) is 22.3 Å². The molecule has 1 aliphatic rings. The maximum absolute atomic E-state index is 11.8. The summed E-state index contributed by atoms with van der Waals surface area (Å²) in [6.07, 6.45) is 10.8. The van der Waals surface area contributed by atoms with Gasteiger partial charge in [0.15, 0.2) is 0 Å². The van der Waals surface area contributed by atoms with E-state index >= 15 is 0 Å². The third-order valence-corrected chi connectivity index (χ3v) is 9.94. The van der Waals surface area contributed by atoms with E-state index in [1.165, 1.54) is 0 Å². The highest BCUT2D eigenvalue weighted by Gasteiger charge is 2.21. The van der Waals surface area contributed by atoms with E-state index in [4.69, 9.17) is 0 Å². The molecule has 5 aromatic carbocycles. The molecule has 5 aromatic rings. The third kappa shape index (κ3) is 7.54. The molecule has 5 heteroatoms. The Labute approximate surface area is 306 Å². The van der Waals surface area contributed by atoms with Crippen molar-refractivity contribution in [1.29, 1.82) is 0 Å². The molecule has 0 heterocycles. The van der Waals surface area contributed by atoms with Gasteiger partial charge in [0.1, 0.15) is 28.7 Å². The number of phenols is 5. The lowest BCUT2D eigenvalue weighted by atomic mass is 9.88. The van der Waals surface area contributed by atoms with Gasteiger partial charge in [-0.15, -0.1) is 26.3 Å². The molecule has 0 radical (unpaired) electrons. The van der Waals surface area contributed by atoms with E-state index < -0.39 is 0 Å². The summed E-state index contributed by atoms with van der Waals surface area (Å²) in [5.74, 6) is 0.483. The zero-order valence-corrected chi connectivity index (χ0v) is 29.6. The monoisotopic (exact) mass is 690 g/mol. The number of phenolic OH excluding ortho intramolecular Hbond substituents is 5. The first-order chi connectivity index (χ1) is 25.1. The van der Waals surface area contributed by atoms with Gasteiger partial charge in [0.2, 0.25) is 0 Å². The fraction of sp³-hybridized carbons (Fsp3) is 0.191. The van der Waals surface area contributed by atoms with Gasteiger partial charge in [0.25, 0.3) is 0 Å². The number of benzene rings is 5. The predicted octanol–water partition coefficient (Wildman–Crippen LogP) is 9.40. The second-order valence-electron chi connectivity index (χ2n) is 13.8. The third-order valence-electron chi connectivity index (χ3n) is 9.94. The average Bonchev–Trinajstić information content (AvgIpc) is 3.11. The van der Waals surface area contributed by atoms with E-state index in [1.807, 2.05) is 91.0 Å². The van der Waals surface area contributed by atoms with Gasteiger partial charge in [-0.1, -0.05) is 91.0 Å². The van der Waals surface area contributed by atoms with Crippen LogP contribution >= 0.6 is 0 Å². The van der Waals surface area contributed by atoms with Crippen LogP contribution in [0.5, 0.6) is 28.7 Å². The SMILES string of the molecule is C=CCc1cc2c(O)c(c1)Cc1cc(CC=C)cc(c1O)Cc1cc(CC=C)cc(c1O)Cc1cc(CC=C)cc(c1O)Cc1cccc(c1O)C2. The van der Waals surface area contributed by atoms with Gasteiger partial charge < -0.3 is 25.5 Å². The smallest absolute Gasteiger partial charge is 0.122 e. The molecular formula is C47H46O5. The summed E-state index contributed by atoms with van der Waals surface area (Å²) < 4.78 is 0. The van der Waals surface area contributed by atoms with Crippen LogP contribution in [0.25, 0.3) is 0 Å². The van der Waals surface area contributed by atoms with Gasteiger partial charge in [-0.2, -0.15) is 0 Å². The summed E-state index contributed by atoms with van der Waals surface area (Å²) in [7, 11) is 0. The summed E-state index contributed by atoms with van der Waals surface area (Å²) in [6, 6.07) is 21.1. The maximum atomic E-state index is 11.8. The highest BCUT2D eigenvalue weighted by atomic mass is 16.3. The van der Waals surface area contributed by atoms with E-state index in [-0.39, 0.29) is 60.9 Å². The Morgan fingerprint density at radius 2 is 0.538 bits per heavy atom. The molecule has 6 rings (SSSR count). The summed E-state index contributed by atoms with van der Waals surface area (Å²) in [5, 5.41) is 58.8. The van der Waals surface area contributed by atoms with Crippen LogP contribution in [-0.2, 0) is 57.8 Å². The van der Waals surface area contributed by atoms with Crippen LogP contribution in [-0.4, -0.2) is 25.5 Å². The fourth-order valence-electron chi connectivity index (χ4n) is 7.50. The van der Waals surface area contributed by atoms with E-state index in [0.29, 0.717) is 81.3 Å². The lowest BCUT2D eigenvalue weighted by molar-refractivity contribution is 0.450. The van der Waals surface area contributed by atoms with Gasteiger partial charge in [-0.05, 0) is 104 Å². The molecule has 0 aliphatic heterocycles. The van der Waals surface area contributed by atoms with Crippen LogP contribution in [0.4, 0.5) is 0 Å². The van der Waals surface area contributed by atoms with Gasteiger partial charge in [0, 0.05) is 32.1 Å². The van der Waals surface area contributed by atoms with Crippen molar-refractivity contribution in [3.8, 4) is 28.7 Å². The average molecular weight is 691 g/mol. The van der Waals surface area contributed by atoms with Gasteiger partial charge in [-0.3, -0.25) is 0 Å². The van der Waals surface area contributed by atoms with Gasteiger partial charge in [-0.25, -0.2) is 0 Å². The Bertz CT molecular complexity index is 2050. The van der Waals surface area contributed by atoms with Crippen molar-refractivity contribution < 1.29 is 25.5 Å². The molecule has 1 aliphatic carbocycles. The summed E-state index contributed by atoms with van der Waals surface area (Å²) >= 11 is 0. The molecule has 5 N–H and O–H groups in total. The molecule has 10 bridgehead atoms. The Kier molecular flexibility index (Phi) is 10.7. The highest BCUT2D eigenvalue weighted by Crippen LogP contribution is 2.39. The molecule has 52 heavy (non-hydrogen) atoms. The Hall–Kier alpha value is -5.94. The molecule has 0 spiro atoms. The summed E-state index contributed by atoms with van der Waals surface area (Å²) in [5.41, 5.74) is 10.2. The molecular weight excluding hydrogens is 645 g/mol. The summed E-state index contributed by atoms with van der Waals surface area (Å²) in [4.78, 5) is 0. The molecule has 0 saturated heterocycles. The molecule has 0 amide bonds. The first kappa shape index (κ1) is 35.9. The minimum absolute atomic E-state index is 0.0946. The predicted molar refractivity (Wildman–Crippen MR) is 210 cm³/mol. The van der Waals surface area contributed by atoms with Crippen molar-refractivity contribution in [1.82, 2.24) is 0 Å². The second kappa shape index (κ2) is 15.5. The topological polar surface area (TPSA) is 101 Å². The maximum Gasteiger partial charge on any atom is 0.122 e. The highest BCUT2D eigenvalue weighted by molar-refractivity contribution is 5.58. The van der Waals surface area contributed by atoms with E-state index in [9.17, 15) is 25.5 Å². The van der Waals surface area contributed by atoms with Crippen molar-refractivity contribution in [2.24, 2.45) is 0 Å².